The highest BCUT2D eigenvalue weighted by Crippen LogP contribution is 2.24. The minimum atomic E-state index is 0.224. The Bertz CT molecular complexity index is 316. The first-order chi connectivity index (χ1) is 6.99. The van der Waals surface area contributed by atoms with Crippen LogP contribution < -0.4 is 5.32 Å². The summed E-state index contributed by atoms with van der Waals surface area (Å²) in [5.41, 5.74) is 2.85. The van der Waals surface area contributed by atoms with E-state index in [-0.39, 0.29) is 11.5 Å². The Balaban J connectivity index is 2.94. The number of nitrogens with one attached hydrogen (secondary N) is 1. The van der Waals surface area contributed by atoms with Gasteiger partial charge in [0.2, 0.25) is 0 Å². The molecule has 1 aromatic rings. The Morgan fingerprint density at radius 2 is 1.73 bits per heavy atom. The summed E-state index contributed by atoms with van der Waals surface area (Å²) in [6.45, 7) is 10.5. The first-order valence-corrected chi connectivity index (χ1v) is 5.39. The zero-order valence-corrected chi connectivity index (χ0v) is 10.2. The van der Waals surface area contributed by atoms with Gasteiger partial charge in [0, 0.05) is 0 Å². The molecule has 0 saturated heterocycles. The highest BCUT2D eigenvalue weighted by molar-refractivity contribution is 5.30. The van der Waals surface area contributed by atoms with Gasteiger partial charge in [0.1, 0.15) is 0 Å². The number of hydrogen-bond donors (Lipinski definition) is 1. The largest absolute Gasteiger partial charge is 0.310 e. The van der Waals surface area contributed by atoms with Crippen LogP contribution in [0, 0.1) is 0 Å². The van der Waals surface area contributed by atoms with E-state index < -0.39 is 0 Å². The first kappa shape index (κ1) is 12.0. The van der Waals surface area contributed by atoms with Gasteiger partial charge in [-0.1, -0.05) is 51.1 Å². The van der Waals surface area contributed by atoms with E-state index in [1.54, 1.807) is 0 Å². The first-order valence-electron chi connectivity index (χ1n) is 5.39. The molecule has 82 valence electrons. The van der Waals surface area contributed by atoms with Gasteiger partial charge in [-0.15, -0.1) is 6.58 Å². The fraction of sp³-hybridized carbons (Fsp3) is 0.429. The second-order valence-electron chi connectivity index (χ2n) is 4.87. The number of hydrogen-bond acceptors (Lipinski definition) is 1. The SMILES string of the molecule is C=CC(NC)c1ccc(C(C)(C)C)cc1. The summed E-state index contributed by atoms with van der Waals surface area (Å²) >= 11 is 0. The second kappa shape index (κ2) is 4.63. The van der Waals surface area contributed by atoms with E-state index in [2.05, 4.69) is 56.9 Å². The van der Waals surface area contributed by atoms with Crippen LogP contribution in [0.5, 0.6) is 0 Å². The smallest absolute Gasteiger partial charge is 0.0501 e. The van der Waals surface area contributed by atoms with Crippen LogP contribution in [0.15, 0.2) is 36.9 Å². The minimum absolute atomic E-state index is 0.224. The van der Waals surface area contributed by atoms with Crippen molar-refractivity contribution in [3.63, 3.8) is 0 Å². The lowest BCUT2D eigenvalue weighted by Crippen LogP contribution is -2.15. The van der Waals surface area contributed by atoms with Gasteiger partial charge in [0.25, 0.3) is 0 Å². The van der Waals surface area contributed by atoms with E-state index >= 15 is 0 Å². The van der Waals surface area contributed by atoms with Crippen molar-refractivity contribution in [1.29, 1.82) is 0 Å². The highest BCUT2D eigenvalue weighted by Gasteiger charge is 2.13. The molecule has 0 radical (unpaired) electrons. The van der Waals surface area contributed by atoms with Crippen LogP contribution in [0.2, 0.25) is 0 Å². The molecule has 1 N–H and O–H groups in total. The summed E-state index contributed by atoms with van der Waals surface area (Å²) in [5, 5.41) is 3.21. The van der Waals surface area contributed by atoms with E-state index in [1.807, 2.05) is 13.1 Å². The summed E-state index contributed by atoms with van der Waals surface area (Å²) in [7, 11) is 1.95. The van der Waals surface area contributed by atoms with E-state index in [1.165, 1.54) is 11.1 Å². The van der Waals surface area contributed by atoms with E-state index in [9.17, 15) is 0 Å². The predicted molar refractivity (Wildman–Crippen MR) is 67.1 cm³/mol. The molecule has 1 rings (SSSR count). The van der Waals surface area contributed by atoms with E-state index in [4.69, 9.17) is 0 Å². The van der Waals surface area contributed by atoms with Crippen molar-refractivity contribution < 1.29 is 0 Å². The van der Waals surface area contributed by atoms with Crippen LogP contribution in [0.3, 0.4) is 0 Å². The molecule has 0 fully saturated rings. The number of benzene rings is 1. The summed E-state index contributed by atoms with van der Waals surface area (Å²) in [4.78, 5) is 0. The molecule has 0 amide bonds. The summed E-state index contributed by atoms with van der Waals surface area (Å²) in [5.74, 6) is 0. The molecule has 0 saturated carbocycles. The van der Waals surface area contributed by atoms with Crippen molar-refractivity contribution in [3.05, 3.63) is 48.0 Å². The number of likely N-dealkylation sites (N-methyl/N-ethyl adjacent to an activating group) is 1. The number of rotatable bonds is 3. The van der Waals surface area contributed by atoms with Gasteiger partial charge in [0.05, 0.1) is 6.04 Å². The van der Waals surface area contributed by atoms with Crippen molar-refractivity contribution in [2.24, 2.45) is 0 Å². The zero-order valence-electron chi connectivity index (χ0n) is 10.2. The van der Waals surface area contributed by atoms with Crippen molar-refractivity contribution in [3.8, 4) is 0 Å². The third-order valence-corrected chi connectivity index (χ3v) is 2.68. The van der Waals surface area contributed by atoms with Crippen LogP contribution in [0.25, 0.3) is 0 Å². The second-order valence-corrected chi connectivity index (χ2v) is 4.87. The van der Waals surface area contributed by atoms with Crippen LogP contribution in [-0.4, -0.2) is 7.05 Å². The Labute approximate surface area is 93.2 Å². The summed E-state index contributed by atoms with van der Waals surface area (Å²) in [6.07, 6.45) is 1.92. The molecule has 1 atom stereocenters. The molecule has 0 aliphatic rings. The molecule has 1 nitrogen and oxygen atoms in total. The normalized spacial score (nSPS) is 13.6. The fourth-order valence-corrected chi connectivity index (χ4v) is 1.61. The monoisotopic (exact) mass is 203 g/mol. The lowest BCUT2D eigenvalue weighted by molar-refractivity contribution is 0.589. The van der Waals surface area contributed by atoms with Gasteiger partial charge < -0.3 is 5.32 Å². The van der Waals surface area contributed by atoms with Crippen molar-refractivity contribution in [1.82, 2.24) is 5.32 Å². The van der Waals surface area contributed by atoms with Gasteiger partial charge in [-0.05, 0) is 23.6 Å². The van der Waals surface area contributed by atoms with Crippen molar-refractivity contribution in [2.45, 2.75) is 32.2 Å². The maximum Gasteiger partial charge on any atom is 0.0501 e. The molecule has 0 bridgehead atoms. The molecular weight excluding hydrogens is 182 g/mol. The fourth-order valence-electron chi connectivity index (χ4n) is 1.61. The predicted octanol–water partition coefficient (Wildman–Crippen LogP) is 3.43. The standard InChI is InChI=1S/C14H21N/c1-6-13(15-5)11-7-9-12(10-8-11)14(2,3)4/h6-10,13,15H,1H2,2-5H3. The quantitative estimate of drug-likeness (QED) is 0.742. The maximum atomic E-state index is 3.82. The molecule has 1 aromatic carbocycles. The molecule has 0 aromatic heterocycles. The van der Waals surface area contributed by atoms with Crippen LogP contribution in [-0.2, 0) is 5.41 Å². The van der Waals surface area contributed by atoms with Gasteiger partial charge in [-0.25, -0.2) is 0 Å². The zero-order chi connectivity index (χ0) is 11.5. The molecular formula is C14H21N. The lowest BCUT2D eigenvalue weighted by atomic mass is 9.86. The minimum Gasteiger partial charge on any atom is -0.310 e. The third-order valence-electron chi connectivity index (χ3n) is 2.68. The van der Waals surface area contributed by atoms with Gasteiger partial charge >= 0.3 is 0 Å². The Hall–Kier alpha value is -1.08. The van der Waals surface area contributed by atoms with Crippen LogP contribution >= 0.6 is 0 Å². The molecule has 15 heavy (non-hydrogen) atoms. The maximum absolute atomic E-state index is 3.82. The molecule has 0 spiro atoms. The molecule has 0 aliphatic carbocycles. The molecule has 1 unspecified atom stereocenters. The highest BCUT2D eigenvalue weighted by atomic mass is 14.9. The lowest BCUT2D eigenvalue weighted by Gasteiger charge is -2.20. The van der Waals surface area contributed by atoms with Crippen molar-refractivity contribution >= 4 is 0 Å². The van der Waals surface area contributed by atoms with Crippen LogP contribution in [0.4, 0.5) is 0 Å². The van der Waals surface area contributed by atoms with Gasteiger partial charge in [0.15, 0.2) is 0 Å². The summed E-state index contributed by atoms with van der Waals surface area (Å²) < 4.78 is 0. The molecule has 0 aliphatic heterocycles. The van der Waals surface area contributed by atoms with E-state index in [0.717, 1.165) is 0 Å². The third kappa shape index (κ3) is 2.93. The van der Waals surface area contributed by atoms with Crippen LogP contribution in [0.1, 0.15) is 37.9 Å². The Morgan fingerprint density at radius 1 is 1.20 bits per heavy atom. The Kier molecular flexibility index (Phi) is 3.70. The average Bonchev–Trinajstić information content (AvgIpc) is 2.19. The van der Waals surface area contributed by atoms with E-state index in [0.29, 0.717) is 0 Å². The van der Waals surface area contributed by atoms with Gasteiger partial charge in [-0.2, -0.15) is 0 Å². The average molecular weight is 203 g/mol. The molecule has 0 heterocycles. The molecule has 1 heteroatoms. The van der Waals surface area contributed by atoms with Gasteiger partial charge in [-0.3, -0.25) is 0 Å². The topological polar surface area (TPSA) is 12.0 Å². The Morgan fingerprint density at radius 3 is 2.07 bits per heavy atom. The van der Waals surface area contributed by atoms with Crippen molar-refractivity contribution in [2.75, 3.05) is 7.05 Å². The summed E-state index contributed by atoms with van der Waals surface area (Å²) in [6, 6.07) is 8.98.